The molecule has 1 heterocycles. The molecule has 16 heavy (non-hydrogen) atoms. The molecule has 1 aromatic carbocycles. The van der Waals surface area contributed by atoms with Crippen LogP contribution >= 0.6 is 0 Å². The van der Waals surface area contributed by atoms with Crippen LogP contribution in [0.25, 0.3) is 0 Å². The molecular formula is C13H19NO2. The molecular weight excluding hydrogens is 202 g/mol. The highest BCUT2D eigenvalue weighted by Gasteiger charge is 2.16. The van der Waals surface area contributed by atoms with E-state index in [1.807, 2.05) is 14.1 Å². The second kappa shape index (κ2) is 4.85. The Morgan fingerprint density at radius 3 is 2.88 bits per heavy atom. The van der Waals surface area contributed by atoms with E-state index in [0.29, 0.717) is 0 Å². The molecule has 0 radical (unpaired) electrons. The highest BCUT2D eigenvalue weighted by molar-refractivity contribution is 5.39. The second-order valence-electron chi connectivity index (χ2n) is 4.37. The van der Waals surface area contributed by atoms with Crippen LogP contribution in [-0.2, 0) is 11.2 Å². The van der Waals surface area contributed by atoms with Crippen LogP contribution in [0.1, 0.15) is 23.8 Å². The maximum absolute atomic E-state index is 5.60. The summed E-state index contributed by atoms with van der Waals surface area (Å²) in [5.74, 6) is 1.03. The third-order valence-electron chi connectivity index (χ3n) is 2.91. The Kier molecular flexibility index (Phi) is 3.46. The van der Waals surface area contributed by atoms with E-state index in [1.54, 1.807) is 7.11 Å². The number of aryl methyl sites for hydroxylation is 1. The lowest BCUT2D eigenvalue weighted by molar-refractivity contribution is -0.00551. The van der Waals surface area contributed by atoms with Crippen molar-refractivity contribution in [1.29, 1.82) is 0 Å². The Morgan fingerprint density at radius 1 is 1.38 bits per heavy atom. The first-order valence-electron chi connectivity index (χ1n) is 5.67. The molecule has 0 spiro atoms. The summed E-state index contributed by atoms with van der Waals surface area (Å²) in [4.78, 5) is 2.06. The Morgan fingerprint density at radius 2 is 2.19 bits per heavy atom. The summed E-state index contributed by atoms with van der Waals surface area (Å²) < 4.78 is 11.1. The van der Waals surface area contributed by atoms with E-state index in [2.05, 4.69) is 23.1 Å². The fourth-order valence-corrected chi connectivity index (χ4v) is 2.18. The molecule has 0 aliphatic carbocycles. The van der Waals surface area contributed by atoms with Gasteiger partial charge in [0.05, 0.1) is 6.61 Å². The fourth-order valence-electron chi connectivity index (χ4n) is 2.18. The lowest BCUT2D eigenvalue weighted by Gasteiger charge is -2.25. The molecule has 0 saturated heterocycles. The fraction of sp³-hybridized carbons (Fsp3) is 0.538. The zero-order valence-electron chi connectivity index (χ0n) is 10.2. The molecule has 1 aliphatic heterocycles. The van der Waals surface area contributed by atoms with Gasteiger partial charge in [0.1, 0.15) is 12.0 Å². The molecule has 3 heteroatoms. The summed E-state index contributed by atoms with van der Waals surface area (Å²) >= 11 is 0. The van der Waals surface area contributed by atoms with Gasteiger partial charge in [0, 0.05) is 7.11 Å². The minimum atomic E-state index is 0.0206. The topological polar surface area (TPSA) is 21.7 Å². The molecule has 1 aromatic rings. The number of ether oxygens (including phenoxy) is 2. The van der Waals surface area contributed by atoms with E-state index in [1.165, 1.54) is 11.1 Å². The predicted molar refractivity (Wildman–Crippen MR) is 63.7 cm³/mol. The minimum absolute atomic E-state index is 0.0206. The van der Waals surface area contributed by atoms with Crippen LogP contribution in [0.3, 0.4) is 0 Å². The van der Waals surface area contributed by atoms with Crippen molar-refractivity contribution in [3.05, 3.63) is 29.3 Å². The number of nitrogens with zero attached hydrogens (tertiary/aromatic N) is 1. The molecule has 0 bridgehead atoms. The quantitative estimate of drug-likeness (QED) is 0.730. The predicted octanol–water partition coefficient (Wildman–Crippen LogP) is 2.22. The summed E-state index contributed by atoms with van der Waals surface area (Å²) in [6.45, 7) is 0.841. The molecule has 2 rings (SSSR count). The summed E-state index contributed by atoms with van der Waals surface area (Å²) in [5, 5.41) is 0. The van der Waals surface area contributed by atoms with E-state index in [4.69, 9.17) is 9.47 Å². The molecule has 0 fully saturated rings. The number of benzene rings is 1. The van der Waals surface area contributed by atoms with E-state index in [0.717, 1.165) is 25.2 Å². The van der Waals surface area contributed by atoms with E-state index in [9.17, 15) is 0 Å². The monoisotopic (exact) mass is 221 g/mol. The Hall–Kier alpha value is -1.06. The average Bonchev–Trinajstić information content (AvgIpc) is 2.29. The lowest BCUT2D eigenvalue weighted by atomic mass is 10.0. The average molecular weight is 221 g/mol. The third-order valence-corrected chi connectivity index (χ3v) is 2.91. The van der Waals surface area contributed by atoms with Crippen molar-refractivity contribution in [1.82, 2.24) is 4.90 Å². The van der Waals surface area contributed by atoms with Crippen LogP contribution in [0.15, 0.2) is 18.2 Å². The Bertz CT molecular complexity index is 363. The number of fused-ring (bicyclic) bond motifs is 1. The maximum Gasteiger partial charge on any atom is 0.135 e. The van der Waals surface area contributed by atoms with Gasteiger partial charge >= 0.3 is 0 Å². The Labute approximate surface area is 97.0 Å². The summed E-state index contributed by atoms with van der Waals surface area (Å²) in [7, 11) is 5.77. The van der Waals surface area contributed by atoms with Gasteiger partial charge in [-0.05, 0) is 50.2 Å². The molecule has 1 atom stereocenters. The van der Waals surface area contributed by atoms with E-state index >= 15 is 0 Å². The van der Waals surface area contributed by atoms with Crippen molar-refractivity contribution < 1.29 is 9.47 Å². The lowest BCUT2D eigenvalue weighted by Crippen LogP contribution is -2.22. The molecule has 1 unspecified atom stereocenters. The molecule has 0 saturated carbocycles. The van der Waals surface area contributed by atoms with Gasteiger partial charge in [-0.2, -0.15) is 0 Å². The van der Waals surface area contributed by atoms with Gasteiger partial charge in [-0.1, -0.05) is 6.07 Å². The zero-order valence-corrected chi connectivity index (χ0v) is 10.2. The smallest absolute Gasteiger partial charge is 0.135 e. The Balaban J connectivity index is 2.28. The highest BCUT2D eigenvalue weighted by Crippen LogP contribution is 2.29. The summed E-state index contributed by atoms with van der Waals surface area (Å²) in [6, 6.07) is 6.33. The molecule has 0 N–H and O–H groups in total. The number of hydrogen-bond acceptors (Lipinski definition) is 3. The van der Waals surface area contributed by atoms with Crippen molar-refractivity contribution in [2.75, 3.05) is 27.8 Å². The molecule has 88 valence electrons. The van der Waals surface area contributed by atoms with Crippen LogP contribution < -0.4 is 4.74 Å². The normalized spacial score (nSPS) is 16.8. The largest absolute Gasteiger partial charge is 0.493 e. The van der Waals surface area contributed by atoms with Crippen molar-refractivity contribution >= 4 is 0 Å². The van der Waals surface area contributed by atoms with Crippen LogP contribution in [0.2, 0.25) is 0 Å². The molecule has 0 amide bonds. The van der Waals surface area contributed by atoms with Gasteiger partial charge in [-0.3, -0.25) is 4.90 Å². The first kappa shape index (κ1) is 11.4. The SMILES string of the molecule is COC(c1ccc2c(c1)CCCO2)N(C)C. The third kappa shape index (κ3) is 2.20. The zero-order chi connectivity index (χ0) is 11.5. The van der Waals surface area contributed by atoms with Gasteiger partial charge < -0.3 is 9.47 Å². The number of methoxy groups -OCH3 is 1. The van der Waals surface area contributed by atoms with Crippen LogP contribution in [0, 0.1) is 0 Å². The van der Waals surface area contributed by atoms with Crippen LogP contribution in [0.5, 0.6) is 5.75 Å². The molecule has 3 nitrogen and oxygen atoms in total. The minimum Gasteiger partial charge on any atom is -0.493 e. The van der Waals surface area contributed by atoms with Crippen molar-refractivity contribution in [3.8, 4) is 5.75 Å². The maximum atomic E-state index is 5.60. The highest BCUT2D eigenvalue weighted by atomic mass is 16.5. The van der Waals surface area contributed by atoms with E-state index < -0.39 is 0 Å². The van der Waals surface area contributed by atoms with Gasteiger partial charge in [0.25, 0.3) is 0 Å². The van der Waals surface area contributed by atoms with Gasteiger partial charge in [-0.25, -0.2) is 0 Å². The second-order valence-corrected chi connectivity index (χ2v) is 4.37. The first-order chi connectivity index (χ1) is 7.72. The van der Waals surface area contributed by atoms with Gasteiger partial charge in [0.2, 0.25) is 0 Å². The van der Waals surface area contributed by atoms with Gasteiger partial charge in [-0.15, -0.1) is 0 Å². The van der Waals surface area contributed by atoms with E-state index in [-0.39, 0.29) is 6.23 Å². The number of rotatable bonds is 3. The molecule has 0 aromatic heterocycles. The first-order valence-corrected chi connectivity index (χ1v) is 5.67. The van der Waals surface area contributed by atoms with Gasteiger partial charge in [0.15, 0.2) is 0 Å². The standard InChI is InChI=1S/C13H19NO2/c1-14(2)13(15-3)11-6-7-12-10(9-11)5-4-8-16-12/h6-7,9,13H,4-5,8H2,1-3H3. The van der Waals surface area contributed by atoms with Crippen LogP contribution in [0.4, 0.5) is 0 Å². The summed E-state index contributed by atoms with van der Waals surface area (Å²) in [6.07, 6.45) is 2.23. The van der Waals surface area contributed by atoms with Crippen molar-refractivity contribution in [2.45, 2.75) is 19.1 Å². The number of hydrogen-bond donors (Lipinski definition) is 0. The van der Waals surface area contributed by atoms with Crippen molar-refractivity contribution in [2.24, 2.45) is 0 Å². The van der Waals surface area contributed by atoms with Crippen LogP contribution in [-0.4, -0.2) is 32.7 Å². The summed E-state index contributed by atoms with van der Waals surface area (Å²) in [5.41, 5.74) is 2.49. The molecule has 1 aliphatic rings. The van der Waals surface area contributed by atoms with Crippen molar-refractivity contribution in [3.63, 3.8) is 0 Å².